The van der Waals surface area contributed by atoms with Crippen LogP contribution in [0.3, 0.4) is 0 Å². The van der Waals surface area contributed by atoms with Gasteiger partial charge in [-0.1, -0.05) is 12.1 Å². The lowest BCUT2D eigenvalue weighted by molar-refractivity contribution is -0.129. The lowest BCUT2D eigenvalue weighted by atomic mass is 10.1. The van der Waals surface area contributed by atoms with Crippen LogP contribution in [0.5, 0.6) is 11.5 Å². The first-order chi connectivity index (χ1) is 12.4. The molecule has 0 bridgehead atoms. The van der Waals surface area contributed by atoms with Gasteiger partial charge >= 0.3 is 5.97 Å². The van der Waals surface area contributed by atoms with Crippen molar-refractivity contribution in [2.24, 2.45) is 0 Å². The quantitative estimate of drug-likeness (QED) is 0.835. The van der Waals surface area contributed by atoms with Crippen molar-refractivity contribution in [3.8, 4) is 11.5 Å². The number of benzene rings is 2. The number of nitrogens with one attached hydrogen (secondary N) is 1. The van der Waals surface area contributed by atoms with Gasteiger partial charge in [0.1, 0.15) is 0 Å². The smallest absolute Gasteiger partial charge is 0.338 e. The van der Waals surface area contributed by atoms with E-state index in [1.165, 1.54) is 0 Å². The van der Waals surface area contributed by atoms with Gasteiger partial charge in [-0.15, -0.1) is 0 Å². The van der Waals surface area contributed by atoms with E-state index >= 15 is 0 Å². The van der Waals surface area contributed by atoms with Crippen LogP contribution < -0.4 is 14.8 Å². The number of amides is 1. The van der Waals surface area contributed by atoms with Gasteiger partial charge in [0.2, 0.25) is 6.79 Å². The van der Waals surface area contributed by atoms with Gasteiger partial charge in [0.25, 0.3) is 5.91 Å². The van der Waals surface area contributed by atoms with Gasteiger partial charge in [-0.3, -0.25) is 4.79 Å². The molecule has 0 fully saturated rings. The molecule has 1 aliphatic rings. The molecule has 0 spiro atoms. The molecule has 0 aromatic heterocycles. The Morgan fingerprint density at radius 1 is 1.08 bits per heavy atom. The minimum absolute atomic E-state index is 0.205. The Hall–Kier alpha value is -3.02. The molecular formula is C20H21NO5. The molecule has 2 aromatic carbocycles. The summed E-state index contributed by atoms with van der Waals surface area (Å²) in [5, 5.41) is 2.75. The second-order valence-corrected chi connectivity index (χ2v) is 6.25. The van der Waals surface area contributed by atoms with Crippen LogP contribution in [0.25, 0.3) is 0 Å². The van der Waals surface area contributed by atoms with Gasteiger partial charge in [0, 0.05) is 6.54 Å². The third kappa shape index (κ3) is 3.96. The highest BCUT2D eigenvalue weighted by Crippen LogP contribution is 2.32. The number of esters is 1. The molecule has 26 heavy (non-hydrogen) atoms. The Bertz CT molecular complexity index is 846. The van der Waals surface area contributed by atoms with E-state index in [-0.39, 0.29) is 12.7 Å². The Labute approximate surface area is 152 Å². The van der Waals surface area contributed by atoms with Crippen molar-refractivity contribution >= 4 is 11.9 Å². The molecule has 2 aromatic rings. The van der Waals surface area contributed by atoms with Crippen LogP contribution in [0, 0.1) is 13.8 Å². The second kappa shape index (κ2) is 7.47. The van der Waals surface area contributed by atoms with Crippen molar-refractivity contribution in [1.29, 1.82) is 0 Å². The van der Waals surface area contributed by atoms with Gasteiger partial charge in [0.05, 0.1) is 5.56 Å². The number of carbonyl (C=O) groups excluding carboxylic acids is 2. The molecule has 1 aliphatic heterocycles. The molecule has 0 radical (unpaired) electrons. The summed E-state index contributed by atoms with van der Waals surface area (Å²) in [5.74, 6) is 0.473. The lowest BCUT2D eigenvalue weighted by Crippen LogP contribution is -2.35. The van der Waals surface area contributed by atoms with E-state index in [9.17, 15) is 9.59 Å². The maximum absolute atomic E-state index is 12.2. The van der Waals surface area contributed by atoms with Crippen LogP contribution in [0.15, 0.2) is 36.4 Å². The Kier molecular flexibility index (Phi) is 5.11. The lowest BCUT2D eigenvalue weighted by Gasteiger charge is -2.14. The summed E-state index contributed by atoms with van der Waals surface area (Å²) in [5.41, 5.74) is 3.40. The number of hydrogen-bond donors (Lipinski definition) is 1. The van der Waals surface area contributed by atoms with Crippen molar-refractivity contribution in [2.45, 2.75) is 33.4 Å². The highest BCUT2D eigenvalue weighted by Gasteiger charge is 2.19. The molecule has 0 saturated carbocycles. The fraction of sp³-hybridized carbons (Fsp3) is 0.300. The fourth-order valence-corrected chi connectivity index (χ4v) is 2.53. The predicted octanol–water partition coefficient (Wildman–Crippen LogP) is 2.89. The largest absolute Gasteiger partial charge is 0.454 e. The van der Waals surface area contributed by atoms with Crippen LogP contribution in [-0.2, 0) is 16.1 Å². The summed E-state index contributed by atoms with van der Waals surface area (Å²) in [7, 11) is 0. The molecule has 3 rings (SSSR count). The van der Waals surface area contributed by atoms with Crippen molar-refractivity contribution in [1.82, 2.24) is 5.32 Å². The standard InChI is InChI=1S/C20H21NO5/c1-12-4-6-16(8-13(12)2)20(23)26-14(3)19(22)21-10-15-5-7-17-18(9-15)25-11-24-17/h4-9,14H,10-11H2,1-3H3,(H,21,22). The molecule has 1 N–H and O–H groups in total. The van der Waals surface area contributed by atoms with E-state index < -0.39 is 12.1 Å². The van der Waals surface area contributed by atoms with Gasteiger partial charge in [-0.25, -0.2) is 4.79 Å². The first-order valence-electron chi connectivity index (χ1n) is 8.38. The van der Waals surface area contributed by atoms with Gasteiger partial charge < -0.3 is 19.5 Å². The van der Waals surface area contributed by atoms with Crippen LogP contribution >= 0.6 is 0 Å². The van der Waals surface area contributed by atoms with Gasteiger partial charge in [-0.2, -0.15) is 0 Å². The maximum atomic E-state index is 12.2. The number of rotatable bonds is 5. The highest BCUT2D eigenvalue weighted by molar-refractivity contribution is 5.92. The number of carbonyl (C=O) groups is 2. The number of aryl methyl sites for hydroxylation is 2. The van der Waals surface area contributed by atoms with Gasteiger partial charge in [0.15, 0.2) is 17.6 Å². The van der Waals surface area contributed by atoms with Crippen LogP contribution in [0.1, 0.15) is 34.0 Å². The van der Waals surface area contributed by atoms with E-state index in [2.05, 4.69) is 5.32 Å². The fourth-order valence-electron chi connectivity index (χ4n) is 2.53. The molecule has 1 amide bonds. The second-order valence-electron chi connectivity index (χ2n) is 6.25. The van der Waals surface area contributed by atoms with Crippen molar-refractivity contribution < 1.29 is 23.8 Å². The molecule has 136 valence electrons. The average molecular weight is 355 g/mol. The van der Waals surface area contributed by atoms with Crippen molar-refractivity contribution in [3.05, 3.63) is 58.7 Å². The zero-order chi connectivity index (χ0) is 18.7. The zero-order valence-electron chi connectivity index (χ0n) is 15.0. The minimum atomic E-state index is -0.891. The average Bonchev–Trinajstić information content (AvgIpc) is 3.09. The number of hydrogen-bond acceptors (Lipinski definition) is 5. The molecule has 1 atom stereocenters. The van der Waals surface area contributed by atoms with Crippen LogP contribution in [0.2, 0.25) is 0 Å². The van der Waals surface area contributed by atoms with E-state index in [0.717, 1.165) is 16.7 Å². The third-order valence-corrected chi connectivity index (χ3v) is 4.30. The Balaban J connectivity index is 1.54. The van der Waals surface area contributed by atoms with E-state index in [1.807, 2.05) is 32.0 Å². The summed E-state index contributed by atoms with van der Waals surface area (Å²) < 4.78 is 15.8. The van der Waals surface area contributed by atoms with Crippen LogP contribution in [-0.4, -0.2) is 24.8 Å². The molecular weight excluding hydrogens is 334 g/mol. The predicted molar refractivity (Wildman–Crippen MR) is 95.2 cm³/mol. The summed E-state index contributed by atoms with van der Waals surface area (Å²) in [6.45, 7) is 5.95. The molecule has 1 unspecified atom stereocenters. The molecule has 0 saturated heterocycles. The van der Waals surface area contributed by atoms with Gasteiger partial charge in [-0.05, 0) is 61.7 Å². The minimum Gasteiger partial charge on any atom is -0.454 e. The molecule has 6 nitrogen and oxygen atoms in total. The van der Waals surface area contributed by atoms with E-state index in [4.69, 9.17) is 14.2 Å². The number of ether oxygens (including phenoxy) is 3. The first kappa shape index (κ1) is 17.8. The first-order valence-corrected chi connectivity index (χ1v) is 8.38. The summed E-state index contributed by atoms with van der Waals surface area (Å²) in [4.78, 5) is 24.4. The van der Waals surface area contributed by atoms with Crippen LogP contribution in [0.4, 0.5) is 0 Å². The Morgan fingerprint density at radius 2 is 1.85 bits per heavy atom. The van der Waals surface area contributed by atoms with E-state index in [0.29, 0.717) is 23.6 Å². The topological polar surface area (TPSA) is 73.9 Å². The Morgan fingerprint density at radius 3 is 2.62 bits per heavy atom. The summed E-state index contributed by atoms with van der Waals surface area (Å²) in [6.07, 6.45) is -0.891. The summed E-state index contributed by atoms with van der Waals surface area (Å²) >= 11 is 0. The highest BCUT2D eigenvalue weighted by atomic mass is 16.7. The van der Waals surface area contributed by atoms with Crippen molar-refractivity contribution in [2.75, 3.05) is 6.79 Å². The van der Waals surface area contributed by atoms with Crippen molar-refractivity contribution in [3.63, 3.8) is 0 Å². The number of fused-ring (bicyclic) bond motifs is 1. The normalized spacial score (nSPS) is 13.2. The summed E-state index contributed by atoms with van der Waals surface area (Å²) in [6, 6.07) is 10.8. The SMILES string of the molecule is Cc1ccc(C(=O)OC(C)C(=O)NCc2ccc3c(c2)OCO3)cc1C. The molecule has 6 heteroatoms. The molecule has 0 aliphatic carbocycles. The third-order valence-electron chi connectivity index (χ3n) is 4.30. The molecule has 1 heterocycles. The van der Waals surface area contributed by atoms with E-state index in [1.54, 1.807) is 25.1 Å². The zero-order valence-corrected chi connectivity index (χ0v) is 15.0. The monoisotopic (exact) mass is 355 g/mol. The maximum Gasteiger partial charge on any atom is 0.338 e.